The molecule has 4 rings (SSSR count). The van der Waals surface area contributed by atoms with E-state index in [-0.39, 0.29) is 12.0 Å². The molecule has 1 amide bonds. The molecule has 0 bridgehead atoms. The first kappa shape index (κ1) is 16.7. The van der Waals surface area contributed by atoms with Crippen molar-refractivity contribution in [1.29, 1.82) is 0 Å². The van der Waals surface area contributed by atoms with Crippen molar-refractivity contribution < 1.29 is 13.9 Å². The Labute approximate surface area is 152 Å². The van der Waals surface area contributed by atoms with E-state index in [2.05, 4.69) is 10.2 Å². The number of rotatable bonds is 4. The number of carbonyl (C=O) groups excluding carboxylic acids is 1. The molecule has 26 heavy (non-hydrogen) atoms. The summed E-state index contributed by atoms with van der Waals surface area (Å²) in [6.07, 6.45) is 2.53. The summed E-state index contributed by atoms with van der Waals surface area (Å²) in [6.45, 7) is 1.94. The molecule has 1 fully saturated rings. The minimum absolute atomic E-state index is 0.244. The Morgan fingerprint density at radius 1 is 1.19 bits per heavy atom. The molecular weight excluding hydrogens is 328 g/mol. The van der Waals surface area contributed by atoms with E-state index in [0.29, 0.717) is 11.3 Å². The van der Waals surface area contributed by atoms with Crippen LogP contribution in [0, 0.1) is 0 Å². The second kappa shape index (κ2) is 7.22. The van der Waals surface area contributed by atoms with Crippen molar-refractivity contribution in [2.75, 3.05) is 30.4 Å². The van der Waals surface area contributed by atoms with Crippen LogP contribution < -0.4 is 10.2 Å². The van der Waals surface area contributed by atoms with Gasteiger partial charge in [0.1, 0.15) is 5.58 Å². The molecule has 5 heteroatoms. The van der Waals surface area contributed by atoms with Crippen molar-refractivity contribution in [3.8, 4) is 0 Å². The van der Waals surface area contributed by atoms with Crippen LogP contribution in [0.4, 0.5) is 11.4 Å². The predicted octanol–water partition coefficient (Wildman–Crippen LogP) is 4.30. The highest BCUT2D eigenvalue weighted by atomic mass is 16.5. The average molecular weight is 350 g/mol. The van der Waals surface area contributed by atoms with E-state index < -0.39 is 0 Å². The maximum atomic E-state index is 12.4. The van der Waals surface area contributed by atoms with Gasteiger partial charge in [-0.15, -0.1) is 0 Å². The second-order valence-electron chi connectivity index (χ2n) is 6.60. The monoisotopic (exact) mass is 350 g/mol. The first-order valence-corrected chi connectivity index (χ1v) is 8.90. The summed E-state index contributed by atoms with van der Waals surface area (Å²) in [5.74, 6) is 0.0700. The Balaban J connectivity index is 1.44. The molecule has 1 aromatic heterocycles. The number of nitrogens with one attached hydrogen (secondary N) is 1. The number of anilines is 2. The van der Waals surface area contributed by atoms with Gasteiger partial charge in [0.05, 0.1) is 6.10 Å². The number of fused-ring (bicyclic) bond motifs is 1. The standard InChI is InChI=1S/C21H22N2O3/c1-25-18-6-4-12-23(14-18)17-10-8-16(9-11-17)22-21(24)20-13-15-5-2-3-7-19(15)26-20/h2-3,5,7-11,13,18H,4,6,12,14H2,1H3,(H,22,24). The first-order chi connectivity index (χ1) is 12.7. The smallest absolute Gasteiger partial charge is 0.291 e. The number of hydrogen-bond acceptors (Lipinski definition) is 4. The Morgan fingerprint density at radius 2 is 2.00 bits per heavy atom. The number of benzene rings is 2. The molecule has 1 atom stereocenters. The van der Waals surface area contributed by atoms with Crippen molar-refractivity contribution in [1.82, 2.24) is 0 Å². The summed E-state index contributed by atoms with van der Waals surface area (Å²) < 4.78 is 11.1. The summed E-state index contributed by atoms with van der Waals surface area (Å²) in [6, 6.07) is 17.3. The number of amides is 1. The fraction of sp³-hybridized carbons (Fsp3) is 0.286. The molecule has 1 saturated heterocycles. The maximum absolute atomic E-state index is 12.4. The van der Waals surface area contributed by atoms with Crippen LogP contribution in [0.5, 0.6) is 0 Å². The Morgan fingerprint density at radius 3 is 2.77 bits per heavy atom. The van der Waals surface area contributed by atoms with E-state index in [1.807, 2.05) is 48.5 Å². The average Bonchev–Trinajstić information content (AvgIpc) is 3.13. The van der Waals surface area contributed by atoms with Crippen LogP contribution in [0.3, 0.4) is 0 Å². The minimum atomic E-state index is -0.244. The first-order valence-electron chi connectivity index (χ1n) is 8.90. The molecule has 0 spiro atoms. The zero-order chi connectivity index (χ0) is 17.9. The molecule has 0 saturated carbocycles. The molecule has 3 aromatic rings. The second-order valence-corrected chi connectivity index (χ2v) is 6.60. The van der Waals surface area contributed by atoms with E-state index in [1.165, 1.54) is 0 Å². The van der Waals surface area contributed by atoms with Crippen molar-refractivity contribution in [3.63, 3.8) is 0 Å². The van der Waals surface area contributed by atoms with E-state index in [1.54, 1.807) is 13.2 Å². The van der Waals surface area contributed by atoms with Crippen LogP contribution >= 0.6 is 0 Å². The molecule has 134 valence electrons. The number of methoxy groups -OCH3 is 1. The van der Waals surface area contributed by atoms with Crippen molar-refractivity contribution in [2.24, 2.45) is 0 Å². The minimum Gasteiger partial charge on any atom is -0.451 e. The number of piperidine rings is 1. The highest BCUT2D eigenvalue weighted by Crippen LogP contribution is 2.24. The molecule has 2 heterocycles. The fourth-order valence-electron chi connectivity index (χ4n) is 3.41. The summed E-state index contributed by atoms with van der Waals surface area (Å²) in [5.41, 5.74) is 2.61. The molecule has 0 radical (unpaired) electrons. The number of carbonyl (C=O) groups is 1. The molecule has 1 N–H and O–H groups in total. The predicted molar refractivity (Wildman–Crippen MR) is 103 cm³/mol. The third kappa shape index (κ3) is 3.44. The Bertz CT molecular complexity index is 868. The highest BCUT2D eigenvalue weighted by molar-refractivity contribution is 6.04. The molecule has 1 aliphatic rings. The fourth-order valence-corrected chi connectivity index (χ4v) is 3.41. The third-order valence-corrected chi connectivity index (χ3v) is 4.85. The van der Waals surface area contributed by atoms with Crippen molar-refractivity contribution >= 4 is 28.3 Å². The topological polar surface area (TPSA) is 54.7 Å². The zero-order valence-corrected chi connectivity index (χ0v) is 14.8. The van der Waals surface area contributed by atoms with E-state index >= 15 is 0 Å². The van der Waals surface area contributed by atoms with Gasteiger partial charge in [-0.25, -0.2) is 0 Å². The summed E-state index contributed by atoms with van der Waals surface area (Å²) >= 11 is 0. The summed E-state index contributed by atoms with van der Waals surface area (Å²) in [4.78, 5) is 14.7. The number of hydrogen-bond donors (Lipinski definition) is 1. The summed E-state index contributed by atoms with van der Waals surface area (Å²) in [7, 11) is 1.77. The SMILES string of the molecule is COC1CCCN(c2ccc(NC(=O)c3cc4ccccc4o3)cc2)C1. The quantitative estimate of drug-likeness (QED) is 0.762. The van der Waals surface area contributed by atoms with Gasteiger partial charge in [-0.2, -0.15) is 0 Å². The van der Waals surface area contributed by atoms with Crippen LogP contribution in [-0.4, -0.2) is 32.2 Å². The number of nitrogens with zero attached hydrogens (tertiary/aromatic N) is 1. The lowest BCUT2D eigenvalue weighted by Crippen LogP contribution is -2.39. The normalized spacial score (nSPS) is 17.4. The van der Waals surface area contributed by atoms with Gasteiger partial charge in [0.25, 0.3) is 5.91 Å². The van der Waals surface area contributed by atoms with Crippen molar-refractivity contribution in [3.05, 3.63) is 60.4 Å². The molecular formula is C21H22N2O3. The van der Waals surface area contributed by atoms with Gasteiger partial charge >= 0.3 is 0 Å². The molecule has 5 nitrogen and oxygen atoms in total. The van der Waals surface area contributed by atoms with Crippen LogP contribution in [0.25, 0.3) is 11.0 Å². The van der Waals surface area contributed by atoms with Gasteiger partial charge in [0.2, 0.25) is 0 Å². The zero-order valence-electron chi connectivity index (χ0n) is 14.8. The van der Waals surface area contributed by atoms with Gasteiger partial charge in [-0.05, 0) is 49.2 Å². The van der Waals surface area contributed by atoms with Crippen LogP contribution in [0.2, 0.25) is 0 Å². The largest absolute Gasteiger partial charge is 0.451 e. The lowest BCUT2D eigenvalue weighted by Gasteiger charge is -2.33. The molecule has 1 aliphatic heterocycles. The van der Waals surface area contributed by atoms with E-state index in [0.717, 1.165) is 42.7 Å². The molecule has 1 unspecified atom stereocenters. The lowest BCUT2D eigenvalue weighted by molar-refractivity contribution is 0.0893. The Kier molecular flexibility index (Phi) is 4.63. The van der Waals surface area contributed by atoms with Crippen LogP contribution in [0.15, 0.2) is 59.0 Å². The molecule has 2 aromatic carbocycles. The summed E-state index contributed by atoms with van der Waals surface area (Å²) in [5, 5.41) is 3.82. The lowest BCUT2D eigenvalue weighted by atomic mass is 10.1. The highest BCUT2D eigenvalue weighted by Gasteiger charge is 2.19. The molecule has 0 aliphatic carbocycles. The third-order valence-electron chi connectivity index (χ3n) is 4.85. The van der Waals surface area contributed by atoms with E-state index in [9.17, 15) is 4.79 Å². The number of ether oxygens (including phenoxy) is 1. The van der Waals surface area contributed by atoms with Gasteiger partial charge < -0.3 is 19.4 Å². The van der Waals surface area contributed by atoms with Gasteiger partial charge in [0, 0.05) is 37.0 Å². The van der Waals surface area contributed by atoms with Crippen LogP contribution in [0.1, 0.15) is 23.4 Å². The van der Waals surface area contributed by atoms with Crippen molar-refractivity contribution in [2.45, 2.75) is 18.9 Å². The Hall–Kier alpha value is -2.79. The number of para-hydroxylation sites is 1. The maximum Gasteiger partial charge on any atom is 0.291 e. The number of furan rings is 1. The van der Waals surface area contributed by atoms with Crippen LogP contribution in [-0.2, 0) is 4.74 Å². The van der Waals surface area contributed by atoms with Gasteiger partial charge in [-0.1, -0.05) is 18.2 Å². The van der Waals surface area contributed by atoms with E-state index in [4.69, 9.17) is 9.15 Å². The van der Waals surface area contributed by atoms with Gasteiger partial charge in [0.15, 0.2) is 5.76 Å². The van der Waals surface area contributed by atoms with Gasteiger partial charge in [-0.3, -0.25) is 4.79 Å².